The molecular weight excluding hydrogens is 311 g/mol. The van der Waals surface area contributed by atoms with E-state index in [4.69, 9.17) is 5.73 Å². The van der Waals surface area contributed by atoms with Crippen molar-refractivity contribution in [2.75, 3.05) is 0 Å². The molecule has 2 aromatic rings. The van der Waals surface area contributed by atoms with E-state index in [9.17, 15) is 4.79 Å². The summed E-state index contributed by atoms with van der Waals surface area (Å²) in [4.78, 5) is 19.6. The van der Waals surface area contributed by atoms with Crippen LogP contribution in [-0.2, 0) is 11.3 Å². The zero-order valence-electron chi connectivity index (χ0n) is 11.5. The lowest BCUT2D eigenvalue weighted by Gasteiger charge is -2.09. The van der Waals surface area contributed by atoms with E-state index in [1.807, 2.05) is 24.3 Å². The summed E-state index contributed by atoms with van der Waals surface area (Å²) in [6.45, 7) is 0.444. The number of H-pyrrole nitrogens is 1. The molecule has 1 aromatic carbocycles. The Labute approximate surface area is 135 Å². The maximum atomic E-state index is 12.0. The molecule has 0 radical (unpaired) electrons. The van der Waals surface area contributed by atoms with Crippen LogP contribution < -0.4 is 11.1 Å². The number of nitrogens with one attached hydrogen (secondary N) is 2. The quantitative estimate of drug-likeness (QED) is 0.806. The van der Waals surface area contributed by atoms with E-state index < -0.39 is 0 Å². The number of nitrogens with two attached hydrogens (primary N) is 1. The third-order valence-electron chi connectivity index (χ3n) is 3.71. The molecule has 1 aliphatic rings. The zero-order valence-corrected chi connectivity index (χ0v) is 13.2. The Bertz CT molecular complexity index is 568. The smallest absolute Gasteiger partial charge is 0.223 e. The van der Waals surface area contributed by atoms with Gasteiger partial charge in [-0.05, 0) is 31.4 Å². The molecule has 1 aliphatic carbocycles. The van der Waals surface area contributed by atoms with Crippen LogP contribution in [0.5, 0.6) is 0 Å². The van der Waals surface area contributed by atoms with Crippen molar-refractivity contribution < 1.29 is 4.79 Å². The Kier molecular flexibility index (Phi) is 6.45. The van der Waals surface area contributed by atoms with Gasteiger partial charge in [0.05, 0.1) is 17.6 Å². The molecule has 21 heavy (non-hydrogen) atoms. The number of imidazole rings is 1. The van der Waals surface area contributed by atoms with Crippen molar-refractivity contribution in [3.63, 3.8) is 0 Å². The Morgan fingerprint density at radius 2 is 2.10 bits per heavy atom. The SMILES string of the molecule is Cl.Cl.NC1CCC(C(=O)NCc2nc3ccccc3[nH]2)C1. The van der Waals surface area contributed by atoms with Crippen LogP contribution in [0.4, 0.5) is 0 Å². The molecule has 0 spiro atoms. The first-order valence-corrected chi connectivity index (χ1v) is 6.69. The Balaban J connectivity index is 0.00000110. The number of amides is 1. The van der Waals surface area contributed by atoms with Gasteiger partial charge in [-0.15, -0.1) is 24.8 Å². The number of nitrogens with zero attached hydrogens (tertiary/aromatic N) is 1. The summed E-state index contributed by atoms with van der Waals surface area (Å²) < 4.78 is 0. The average molecular weight is 331 g/mol. The van der Waals surface area contributed by atoms with Crippen molar-refractivity contribution in [1.29, 1.82) is 0 Å². The van der Waals surface area contributed by atoms with Gasteiger partial charge in [-0.1, -0.05) is 12.1 Å². The maximum Gasteiger partial charge on any atom is 0.223 e. The normalized spacial score (nSPS) is 20.6. The van der Waals surface area contributed by atoms with Crippen LogP contribution in [0.25, 0.3) is 11.0 Å². The lowest BCUT2D eigenvalue weighted by molar-refractivity contribution is -0.125. The summed E-state index contributed by atoms with van der Waals surface area (Å²) >= 11 is 0. The highest BCUT2D eigenvalue weighted by Crippen LogP contribution is 2.24. The number of carbonyl (C=O) groups excluding carboxylic acids is 1. The first-order valence-electron chi connectivity index (χ1n) is 6.69. The van der Waals surface area contributed by atoms with Crippen LogP contribution in [0, 0.1) is 5.92 Å². The number of aromatic amines is 1. The van der Waals surface area contributed by atoms with Crippen LogP contribution in [0.2, 0.25) is 0 Å². The summed E-state index contributed by atoms with van der Waals surface area (Å²) in [6.07, 6.45) is 2.64. The summed E-state index contributed by atoms with van der Waals surface area (Å²) in [5, 5.41) is 2.93. The van der Waals surface area contributed by atoms with Gasteiger partial charge in [-0.3, -0.25) is 4.79 Å². The van der Waals surface area contributed by atoms with E-state index in [0.29, 0.717) is 6.54 Å². The average Bonchev–Trinajstić information content (AvgIpc) is 3.01. The number of carbonyl (C=O) groups is 1. The highest BCUT2D eigenvalue weighted by atomic mass is 35.5. The number of hydrogen-bond donors (Lipinski definition) is 3. The Morgan fingerprint density at radius 3 is 2.76 bits per heavy atom. The number of fused-ring (bicyclic) bond motifs is 1. The van der Waals surface area contributed by atoms with Crippen LogP contribution in [0.3, 0.4) is 0 Å². The molecule has 0 saturated heterocycles. The molecule has 0 bridgehead atoms. The monoisotopic (exact) mass is 330 g/mol. The van der Waals surface area contributed by atoms with Crippen LogP contribution in [0.1, 0.15) is 25.1 Å². The molecule has 7 heteroatoms. The topological polar surface area (TPSA) is 83.8 Å². The van der Waals surface area contributed by atoms with Gasteiger partial charge in [0.15, 0.2) is 0 Å². The van der Waals surface area contributed by atoms with E-state index in [0.717, 1.165) is 36.1 Å². The van der Waals surface area contributed by atoms with Crippen molar-refractivity contribution in [2.45, 2.75) is 31.8 Å². The van der Waals surface area contributed by atoms with Gasteiger partial charge in [0.2, 0.25) is 5.91 Å². The van der Waals surface area contributed by atoms with Crippen molar-refractivity contribution in [1.82, 2.24) is 15.3 Å². The predicted molar refractivity (Wildman–Crippen MR) is 87.8 cm³/mol. The highest BCUT2D eigenvalue weighted by molar-refractivity contribution is 5.85. The fourth-order valence-electron chi connectivity index (χ4n) is 2.66. The molecule has 116 valence electrons. The molecule has 2 unspecified atom stereocenters. The minimum absolute atomic E-state index is 0. The number of aromatic nitrogens is 2. The van der Waals surface area contributed by atoms with Crippen LogP contribution in [0.15, 0.2) is 24.3 Å². The Morgan fingerprint density at radius 1 is 1.33 bits per heavy atom. The molecule has 5 nitrogen and oxygen atoms in total. The van der Waals surface area contributed by atoms with Crippen LogP contribution >= 0.6 is 24.8 Å². The highest BCUT2D eigenvalue weighted by Gasteiger charge is 2.27. The minimum atomic E-state index is 0. The van der Waals surface area contributed by atoms with E-state index >= 15 is 0 Å². The van der Waals surface area contributed by atoms with E-state index in [-0.39, 0.29) is 42.7 Å². The summed E-state index contributed by atoms with van der Waals surface area (Å²) in [5.41, 5.74) is 7.74. The molecule has 2 atom stereocenters. The molecule has 1 heterocycles. The van der Waals surface area contributed by atoms with Gasteiger partial charge in [-0.2, -0.15) is 0 Å². The second kappa shape index (κ2) is 7.64. The fourth-order valence-corrected chi connectivity index (χ4v) is 2.66. The number of halogens is 2. The number of rotatable bonds is 3. The van der Waals surface area contributed by atoms with Crippen molar-refractivity contribution in [3.05, 3.63) is 30.1 Å². The number of hydrogen-bond acceptors (Lipinski definition) is 3. The largest absolute Gasteiger partial charge is 0.349 e. The summed E-state index contributed by atoms with van der Waals surface area (Å²) in [5.74, 6) is 0.949. The lowest BCUT2D eigenvalue weighted by atomic mass is 10.1. The van der Waals surface area contributed by atoms with Gasteiger partial charge >= 0.3 is 0 Å². The fraction of sp³-hybridized carbons (Fsp3) is 0.429. The van der Waals surface area contributed by atoms with Crippen molar-refractivity contribution in [3.8, 4) is 0 Å². The molecular formula is C14H20Cl2N4O. The van der Waals surface area contributed by atoms with Gasteiger partial charge in [0.1, 0.15) is 5.82 Å². The minimum Gasteiger partial charge on any atom is -0.349 e. The second-order valence-electron chi connectivity index (χ2n) is 5.19. The van der Waals surface area contributed by atoms with Gasteiger partial charge in [-0.25, -0.2) is 4.98 Å². The van der Waals surface area contributed by atoms with Crippen molar-refractivity contribution >= 4 is 41.8 Å². The van der Waals surface area contributed by atoms with Crippen LogP contribution in [-0.4, -0.2) is 21.9 Å². The van der Waals surface area contributed by atoms with E-state index in [1.54, 1.807) is 0 Å². The zero-order chi connectivity index (χ0) is 13.2. The number of para-hydroxylation sites is 2. The Hall–Kier alpha value is -1.30. The molecule has 3 rings (SSSR count). The summed E-state index contributed by atoms with van der Waals surface area (Å²) in [7, 11) is 0. The van der Waals surface area contributed by atoms with Gasteiger partial charge in [0.25, 0.3) is 0 Å². The first kappa shape index (κ1) is 17.8. The second-order valence-corrected chi connectivity index (χ2v) is 5.19. The van der Waals surface area contributed by atoms with Gasteiger partial charge < -0.3 is 16.0 Å². The molecule has 1 amide bonds. The number of benzene rings is 1. The first-order chi connectivity index (χ1) is 9.22. The molecule has 4 N–H and O–H groups in total. The van der Waals surface area contributed by atoms with E-state index in [2.05, 4.69) is 15.3 Å². The summed E-state index contributed by atoms with van der Waals surface area (Å²) in [6, 6.07) is 8.02. The van der Waals surface area contributed by atoms with Gasteiger partial charge in [0, 0.05) is 12.0 Å². The maximum absolute atomic E-state index is 12.0. The molecule has 0 aliphatic heterocycles. The standard InChI is InChI=1S/C14H18N4O.2ClH/c15-10-6-5-9(7-10)14(19)16-8-13-17-11-3-1-2-4-12(11)18-13;;/h1-4,9-10H,5-8,15H2,(H,16,19)(H,17,18);2*1H. The van der Waals surface area contributed by atoms with E-state index in [1.165, 1.54) is 0 Å². The predicted octanol–water partition coefficient (Wildman–Crippen LogP) is 2.15. The molecule has 1 fully saturated rings. The third-order valence-corrected chi connectivity index (χ3v) is 3.71. The molecule has 1 aromatic heterocycles. The third kappa shape index (κ3) is 4.09. The molecule has 1 saturated carbocycles. The van der Waals surface area contributed by atoms with Crippen molar-refractivity contribution in [2.24, 2.45) is 11.7 Å². The lowest BCUT2D eigenvalue weighted by Crippen LogP contribution is -2.30.